The molecule has 6 nitrogen and oxygen atoms in total. The summed E-state index contributed by atoms with van der Waals surface area (Å²) >= 11 is 0.991. The maximum absolute atomic E-state index is 11.3. The number of aromatic amines is 2. The number of rotatable bonds is 6. The molecule has 0 bridgehead atoms. The molecule has 0 aromatic carbocycles. The number of H-pyrrole nitrogens is 2. The molecule has 0 aliphatic rings. The Bertz CT molecular complexity index is 518. The molecule has 7 heteroatoms. The first-order valence-corrected chi connectivity index (χ1v) is 6.06. The molecule has 0 unspecified atom stereocenters. The van der Waals surface area contributed by atoms with E-state index in [1.165, 1.54) is 11.5 Å². The molecule has 0 saturated heterocycles. The molecule has 1 rings (SSSR count). The Kier molecular flexibility index (Phi) is 5.41. The monoisotopic (exact) mass is 255 g/mol. The molecule has 0 saturated carbocycles. The van der Waals surface area contributed by atoms with E-state index in [-0.39, 0.29) is 10.8 Å². The van der Waals surface area contributed by atoms with Crippen molar-refractivity contribution in [2.45, 2.75) is 31.2 Å². The minimum Gasteiger partial charge on any atom is -0.295 e. The van der Waals surface area contributed by atoms with E-state index >= 15 is 0 Å². The van der Waals surface area contributed by atoms with E-state index in [2.05, 4.69) is 10.2 Å². The number of carbonyl (C=O) groups excluding carboxylic acids is 1. The molecule has 17 heavy (non-hydrogen) atoms. The van der Waals surface area contributed by atoms with Crippen LogP contribution in [-0.2, 0) is 4.79 Å². The van der Waals surface area contributed by atoms with Crippen molar-refractivity contribution in [1.29, 1.82) is 0 Å². The summed E-state index contributed by atoms with van der Waals surface area (Å²) in [5, 5.41) is 7.26. The summed E-state index contributed by atoms with van der Waals surface area (Å²) in [6.07, 6.45) is 3.73. The number of unbranched alkanes of at least 4 members (excludes halogenated alkanes) is 1. The highest BCUT2D eigenvalue weighted by atomic mass is 32.2. The van der Waals surface area contributed by atoms with Crippen LogP contribution in [0.1, 0.15) is 26.2 Å². The number of hydrogen-bond acceptors (Lipinski definition) is 5. The highest BCUT2D eigenvalue weighted by Crippen LogP contribution is 2.10. The fourth-order valence-electron chi connectivity index (χ4n) is 1.03. The van der Waals surface area contributed by atoms with Crippen LogP contribution in [0.25, 0.3) is 0 Å². The number of thioether (sulfide) groups is 1. The van der Waals surface area contributed by atoms with Gasteiger partial charge in [0.25, 0.3) is 5.56 Å². The summed E-state index contributed by atoms with van der Waals surface area (Å²) < 4.78 is 0. The zero-order chi connectivity index (χ0) is 12.7. The highest BCUT2D eigenvalue weighted by Gasteiger charge is 2.01. The molecule has 2 N–H and O–H groups in total. The van der Waals surface area contributed by atoms with Crippen LogP contribution in [0.15, 0.2) is 26.1 Å². The topological polar surface area (TPSA) is 95.7 Å². The van der Waals surface area contributed by atoms with Gasteiger partial charge < -0.3 is 0 Å². The standard InChI is InChI=1S/C10H13N3O3S/c1-2-3-4-7(14)5-6-17-9-8(15)11-10(16)13-12-9/h5-6H,2-4H2,1H3,(H2,11,13,15,16)/b6-5+. The van der Waals surface area contributed by atoms with Crippen molar-refractivity contribution in [3.8, 4) is 0 Å². The summed E-state index contributed by atoms with van der Waals surface area (Å²) in [4.78, 5) is 35.2. The van der Waals surface area contributed by atoms with Crippen molar-refractivity contribution < 1.29 is 4.79 Å². The van der Waals surface area contributed by atoms with Crippen LogP contribution in [0, 0.1) is 0 Å². The van der Waals surface area contributed by atoms with Crippen LogP contribution in [-0.4, -0.2) is 21.0 Å². The molecule has 0 fully saturated rings. The molecule has 0 amide bonds. The number of aromatic nitrogens is 3. The fraction of sp³-hybridized carbons (Fsp3) is 0.400. The van der Waals surface area contributed by atoms with Gasteiger partial charge in [0.2, 0.25) is 0 Å². The number of carbonyl (C=O) groups is 1. The number of hydrogen-bond donors (Lipinski definition) is 2. The van der Waals surface area contributed by atoms with E-state index in [9.17, 15) is 14.4 Å². The van der Waals surface area contributed by atoms with E-state index < -0.39 is 11.2 Å². The third-order valence-electron chi connectivity index (χ3n) is 1.89. The lowest BCUT2D eigenvalue weighted by Crippen LogP contribution is -2.24. The summed E-state index contributed by atoms with van der Waals surface area (Å²) in [6, 6.07) is 0. The van der Waals surface area contributed by atoms with Gasteiger partial charge >= 0.3 is 5.69 Å². The SMILES string of the molecule is CCCCC(=O)/C=C/Sc1n[nH]c(=O)[nH]c1=O. The van der Waals surface area contributed by atoms with Gasteiger partial charge in [-0.3, -0.25) is 14.6 Å². The lowest BCUT2D eigenvalue weighted by molar-refractivity contribution is -0.114. The number of ketones is 1. The average molecular weight is 255 g/mol. The van der Waals surface area contributed by atoms with Crippen LogP contribution in [0.4, 0.5) is 0 Å². The first kappa shape index (κ1) is 13.4. The van der Waals surface area contributed by atoms with Gasteiger partial charge in [-0.2, -0.15) is 5.10 Å². The minimum absolute atomic E-state index is 0.0141. The Morgan fingerprint density at radius 3 is 2.88 bits per heavy atom. The van der Waals surface area contributed by atoms with Crippen LogP contribution >= 0.6 is 11.8 Å². The van der Waals surface area contributed by atoms with Crippen molar-refractivity contribution in [1.82, 2.24) is 15.2 Å². The normalized spacial score (nSPS) is 10.9. The van der Waals surface area contributed by atoms with Crippen molar-refractivity contribution in [2.75, 3.05) is 0 Å². The highest BCUT2D eigenvalue weighted by molar-refractivity contribution is 8.02. The maximum Gasteiger partial charge on any atom is 0.342 e. The molecule has 1 heterocycles. The number of nitrogens with zero attached hydrogens (tertiary/aromatic N) is 1. The Morgan fingerprint density at radius 2 is 2.24 bits per heavy atom. The molecule has 0 spiro atoms. The number of allylic oxidation sites excluding steroid dienone is 1. The van der Waals surface area contributed by atoms with E-state index in [1.807, 2.05) is 11.9 Å². The molecule has 0 aliphatic carbocycles. The first-order chi connectivity index (χ1) is 8.13. The van der Waals surface area contributed by atoms with Gasteiger partial charge in [0, 0.05) is 6.42 Å². The molecule has 1 aromatic rings. The van der Waals surface area contributed by atoms with Gasteiger partial charge in [-0.1, -0.05) is 25.1 Å². The third-order valence-corrected chi connectivity index (χ3v) is 2.66. The average Bonchev–Trinajstić information content (AvgIpc) is 2.29. The number of nitrogens with one attached hydrogen (secondary N) is 2. The Hall–Kier alpha value is -1.63. The third kappa shape index (κ3) is 4.81. The van der Waals surface area contributed by atoms with Crippen LogP contribution in [0.5, 0.6) is 0 Å². The molecular formula is C10H13N3O3S. The first-order valence-electron chi connectivity index (χ1n) is 5.18. The minimum atomic E-state index is -0.651. The van der Waals surface area contributed by atoms with Gasteiger partial charge in [0.1, 0.15) is 0 Å². The van der Waals surface area contributed by atoms with Gasteiger partial charge in [-0.25, -0.2) is 9.89 Å². The zero-order valence-electron chi connectivity index (χ0n) is 9.36. The van der Waals surface area contributed by atoms with Gasteiger partial charge in [0.05, 0.1) is 0 Å². The smallest absolute Gasteiger partial charge is 0.295 e. The summed E-state index contributed by atoms with van der Waals surface area (Å²) in [5.41, 5.74) is -1.22. The van der Waals surface area contributed by atoms with Crippen LogP contribution in [0.2, 0.25) is 0 Å². The van der Waals surface area contributed by atoms with Crippen LogP contribution < -0.4 is 11.2 Å². The van der Waals surface area contributed by atoms with Crippen molar-refractivity contribution in [3.63, 3.8) is 0 Å². The van der Waals surface area contributed by atoms with Crippen molar-refractivity contribution in [3.05, 3.63) is 32.3 Å². The van der Waals surface area contributed by atoms with E-state index in [0.29, 0.717) is 6.42 Å². The second-order valence-electron chi connectivity index (χ2n) is 3.30. The summed E-state index contributed by atoms with van der Waals surface area (Å²) in [6.45, 7) is 2.01. The van der Waals surface area contributed by atoms with Gasteiger partial charge in [0.15, 0.2) is 10.8 Å². The molecule has 92 valence electrons. The second kappa shape index (κ2) is 6.85. The van der Waals surface area contributed by atoms with Gasteiger partial charge in [-0.05, 0) is 17.9 Å². The van der Waals surface area contributed by atoms with Crippen molar-refractivity contribution >= 4 is 17.5 Å². The van der Waals surface area contributed by atoms with Crippen LogP contribution in [0.3, 0.4) is 0 Å². The maximum atomic E-state index is 11.3. The lowest BCUT2D eigenvalue weighted by Gasteiger charge is -1.93. The van der Waals surface area contributed by atoms with E-state index in [4.69, 9.17) is 0 Å². The molecule has 1 aromatic heterocycles. The zero-order valence-corrected chi connectivity index (χ0v) is 10.2. The molecule has 0 atom stereocenters. The van der Waals surface area contributed by atoms with E-state index in [1.54, 1.807) is 0 Å². The largest absolute Gasteiger partial charge is 0.342 e. The Labute approximate surface area is 102 Å². The quantitative estimate of drug-likeness (QED) is 0.579. The molecule has 0 radical (unpaired) electrons. The van der Waals surface area contributed by atoms with E-state index in [0.717, 1.165) is 24.6 Å². The van der Waals surface area contributed by atoms with Crippen molar-refractivity contribution in [2.24, 2.45) is 0 Å². The molecular weight excluding hydrogens is 242 g/mol. The Morgan fingerprint density at radius 1 is 1.47 bits per heavy atom. The summed E-state index contributed by atoms with van der Waals surface area (Å²) in [7, 11) is 0. The lowest BCUT2D eigenvalue weighted by atomic mass is 10.2. The predicted molar refractivity (Wildman–Crippen MR) is 65.0 cm³/mol. The predicted octanol–water partition coefficient (Wildman–Crippen LogP) is 0.823. The molecule has 0 aliphatic heterocycles. The second-order valence-corrected chi connectivity index (χ2v) is 4.20. The summed E-state index contributed by atoms with van der Waals surface area (Å²) in [5.74, 6) is 0.0141. The Balaban J connectivity index is 2.55. The van der Waals surface area contributed by atoms with Gasteiger partial charge in [-0.15, -0.1) is 0 Å². The fourth-order valence-corrected chi connectivity index (χ4v) is 1.63.